The van der Waals surface area contributed by atoms with Crippen molar-refractivity contribution in [3.8, 4) is 0 Å². The highest BCUT2D eigenvalue weighted by atomic mass is 32.1. The van der Waals surface area contributed by atoms with E-state index < -0.39 is 0 Å². The Kier molecular flexibility index (Phi) is 2.60. The summed E-state index contributed by atoms with van der Waals surface area (Å²) in [4.78, 5) is 0. The second-order valence-electron chi connectivity index (χ2n) is 2.19. The maximum absolute atomic E-state index is 4.22. The average Bonchev–Trinajstić information content (AvgIpc) is 2.33. The van der Waals surface area contributed by atoms with Crippen molar-refractivity contribution < 1.29 is 0 Å². The second-order valence-corrected chi connectivity index (χ2v) is 2.62. The molecule has 1 aromatic rings. The first-order chi connectivity index (χ1) is 5.29. The molecule has 2 heteroatoms. The van der Waals surface area contributed by atoms with E-state index in [-0.39, 0.29) is 0 Å². The van der Waals surface area contributed by atoms with Gasteiger partial charge in [-0.1, -0.05) is 37.6 Å². The lowest BCUT2D eigenvalue weighted by molar-refractivity contribution is 1.22. The molecule has 0 spiro atoms. The molecular formula is C9H11NS. The van der Waals surface area contributed by atoms with E-state index in [0.29, 0.717) is 0 Å². The molecule has 1 rings (SSSR count). The van der Waals surface area contributed by atoms with Crippen LogP contribution in [0, 0.1) is 0 Å². The molecule has 0 N–H and O–H groups in total. The van der Waals surface area contributed by atoms with Crippen LogP contribution in [0.2, 0.25) is 0 Å². The van der Waals surface area contributed by atoms with Crippen molar-refractivity contribution in [3.05, 3.63) is 35.5 Å². The molecule has 58 valence electrons. The minimum atomic E-state index is 1.10. The molecule has 0 atom stereocenters. The topological polar surface area (TPSA) is 4.93 Å². The highest BCUT2D eigenvalue weighted by molar-refractivity contribution is 7.78. The summed E-state index contributed by atoms with van der Waals surface area (Å²) in [5.41, 5.74) is 0. The van der Waals surface area contributed by atoms with Crippen molar-refractivity contribution in [2.75, 3.05) is 0 Å². The van der Waals surface area contributed by atoms with Crippen LogP contribution in [0.3, 0.4) is 0 Å². The van der Waals surface area contributed by atoms with Crippen LogP contribution < -0.4 is 10.6 Å². The van der Waals surface area contributed by atoms with Gasteiger partial charge in [-0.05, 0) is 13.0 Å². The van der Waals surface area contributed by atoms with E-state index in [1.165, 1.54) is 0 Å². The number of aromatic nitrogens is 1. The maximum atomic E-state index is 4.22. The predicted molar refractivity (Wildman–Crippen MR) is 52.9 cm³/mol. The van der Waals surface area contributed by atoms with E-state index >= 15 is 0 Å². The summed E-state index contributed by atoms with van der Waals surface area (Å²) in [6.45, 7) is 5.63. The molecule has 11 heavy (non-hydrogen) atoms. The summed E-state index contributed by atoms with van der Waals surface area (Å²) in [5.74, 6) is 0. The van der Waals surface area contributed by atoms with Gasteiger partial charge in [-0.2, -0.15) is 0 Å². The summed E-state index contributed by atoms with van der Waals surface area (Å²) in [6.07, 6.45) is 7.66. The number of thiol groups is 1. The zero-order valence-corrected chi connectivity index (χ0v) is 7.38. The molecule has 0 unspecified atom stereocenters. The normalized spacial score (nSPS) is 14.0. The second kappa shape index (κ2) is 3.49. The van der Waals surface area contributed by atoms with Crippen LogP contribution in [0.1, 0.15) is 6.92 Å². The first kappa shape index (κ1) is 8.21. The molecule has 1 heterocycles. The Bertz CT molecular complexity index is 359. The standard InChI is InChI=1S/C9H11NS/c1-3-5-8-6-7-10(11)9(8)4-2/h3-7,11H,1H2,2H3/b8-5-,9-4+. The van der Waals surface area contributed by atoms with Crippen LogP contribution >= 0.6 is 12.8 Å². The SMILES string of the molecule is C=C/C=c1/ccn(S)/c1=C/C. The summed E-state index contributed by atoms with van der Waals surface area (Å²) in [7, 11) is 0. The number of allylic oxidation sites excluding steroid dienone is 1. The van der Waals surface area contributed by atoms with E-state index in [0.717, 1.165) is 10.6 Å². The van der Waals surface area contributed by atoms with Crippen LogP contribution in [0.4, 0.5) is 0 Å². The fourth-order valence-corrected chi connectivity index (χ4v) is 1.31. The fourth-order valence-electron chi connectivity index (χ4n) is 1.02. The molecular weight excluding hydrogens is 154 g/mol. The van der Waals surface area contributed by atoms with Crippen LogP contribution in [-0.4, -0.2) is 3.97 Å². The van der Waals surface area contributed by atoms with Gasteiger partial charge in [0, 0.05) is 11.4 Å². The van der Waals surface area contributed by atoms with Gasteiger partial charge in [0.05, 0.1) is 5.35 Å². The van der Waals surface area contributed by atoms with E-state index in [2.05, 4.69) is 19.4 Å². The van der Waals surface area contributed by atoms with Crippen LogP contribution in [0.15, 0.2) is 24.9 Å². The first-order valence-electron chi connectivity index (χ1n) is 3.45. The molecule has 1 nitrogen and oxygen atoms in total. The van der Waals surface area contributed by atoms with Gasteiger partial charge in [0.15, 0.2) is 0 Å². The number of nitrogens with zero attached hydrogens (tertiary/aromatic N) is 1. The lowest BCUT2D eigenvalue weighted by Gasteiger charge is -1.85. The highest BCUT2D eigenvalue weighted by Crippen LogP contribution is 1.79. The molecule has 0 amide bonds. The Morgan fingerprint density at radius 2 is 2.36 bits per heavy atom. The van der Waals surface area contributed by atoms with Crippen molar-refractivity contribution in [1.82, 2.24) is 3.97 Å². The van der Waals surface area contributed by atoms with Crippen LogP contribution in [-0.2, 0) is 0 Å². The molecule has 0 aliphatic carbocycles. The third-order valence-corrected chi connectivity index (χ3v) is 1.86. The van der Waals surface area contributed by atoms with Crippen molar-refractivity contribution in [3.63, 3.8) is 0 Å². The monoisotopic (exact) mass is 165 g/mol. The minimum absolute atomic E-state index is 1.10. The quantitative estimate of drug-likeness (QED) is 0.591. The fraction of sp³-hybridized carbons (Fsp3) is 0.111. The molecule has 0 bridgehead atoms. The predicted octanol–water partition coefficient (Wildman–Crippen LogP) is 0.948. The number of hydrogen-bond donors (Lipinski definition) is 1. The Balaban J connectivity index is 3.52. The average molecular weight is 165 g/mol. The Morgan fingerprint density at radius 1 is 1.64 bits per heavy atom. The Labute approximate surface area is 71.9 Å². The van der Waals surface area contributed by atoms with Gasteiger partial charge < -0.3 is 0 Å². The Morgan fingerprint density at radius 3 is 2.91 bits per heavy atom. The molecule has 0 saturated carbocycles. The van der Waals surface area contributed by atoms with Gasteiger partial charge >= 0.3 is 0 Å². The van der Waals surface area contributed by atoms with Gasteiger partial charge in [0.1, 0.15) is 0 Å². The third-order valence-electron chi connectivity index (χ3n) is 1.51. The van der Waals surface area contributed by atoms with E-state index in [1.54, 1.807) is 10.0 Å². The molecule has 0 aliphatic heterocycles. The summed E-state index contributed by atoms with van der Waals surface area (Å²) < 4.78 is 1.79. The minimum Gasteiger partial charge on any atom is -0.294 e. The zero-order valence-electron chi connectivity index (χ0n) is 6.49. The molecule has 0 fully saturated rings. The van der Waals surface area contributed by atoms with Crippen LogP contribution in [0.5, 0.6) is 0 Å². The summed E-state index contributed by atoms with van der Waals surface area (Å²) >= 11 is 4.22. The van der Waals surface area contributed by atoms with Crippen molar-refractivity contribution in [1.29, 1.82) is 0 Å². The van der Waals surface area contributed by atoms with Crippen molar-refractivity contribution in [2.45, 2.75) is 6.92 Å². The van der Waals surface area contributed by atoms with Gasteiger partial charge in [0.2, 0.25) is 0 Å². The highest BCUT2D eigenvalue weighted by Gasteiger charge is 1.87. The van der Waals surface area contributed by atoms with E-state index in [1.807, 2.05) is 31.3 Å². The molecule has 0 radical (unpaired) electrons. The zero-order chi connectivity index (χ0) is 8.27. The largest absolute Gasteiger partial charge is 0.294 e. The maximum Gasteiger partial charge on any atom is 0.0546 e. The smallest absolute Gasteiger partial charge is 0.0546 e. The van der Waals surface area contributed by atoms with Crippen LogP contribution in [0.25, 0.3) is 12.2 Å². The lowest BCUT2D eigenvalue weighted by Crippen LogP contribution is -2.24. The first-order valence-corrected chi connectivity index (χ1v) is 3.85. The van der Waals surface area contributed by atoms with Gasteiger partial charge in [-0.25, -0.2) is 0 Å². The van der Waals surface area contributed by atoms with Gasteiger partial charge in [-0.15, -0.1) is 0 Å². The van der Waals surface area contributed by atoms with E-state index in [9.17, 15) is 0 Å². The van der Waals surface area contributed by atoms with Crippen molar-refractivity contribution in [2.24, 2.45) is 0 Å². The molecule has 0 saturated heterocycles. The molecule has 1 aromatic heterocycles. The number of hydrogen-bond acceptors (Lipinski definition) is 1. The van der Waals surface area contributed by atoms with Gasteiger partial charge in [-0.3, -0.25) is 3.97 Å². The summed E-state index contributed by atoms with van der Waals surface area (Å²) in [5, 5.41) is 2.26. The Hall–Kier alpha value is -0.890. The number of rotatable bonds is 1. The summed E-state index contributed by atoms with van der Waals surface area (Å²) in [6, 6.07) is 2.00. The van der Waals surface area contributed by atoms with Gasteiger partial charge in [0.25, 0.3) is 0 Å². The lowest BCUT2D eigenvalue weighted by atomic mass is 10.3. The van der Waals surface area contributed by atoms with E-state index in [4.69, 9.17) is 0 Å². The van der Waals surface area contributed by atoms with Crippen molar-refractivity contribution >= 4 is 25.0 Å². The molecule has 0 aromatic carbocycles. The third kappa shape index (κ3) is 1.57. The molecule has 0 aliphatic rings.